The molecule has 0 saturated carbocycles. The maximum absolute atomic E-state index is 12.5. The van der Waals surface area contributed by atoms with Gasteiger partial charge in [0, 0.05) is 30.6 Å². The van der Waals surface area contributed by atoms with Crippen molar-refractivity contribution >= 4 is 21.4 Å². The van der Waals surface area contributed by atoms with Crippen LogP contribution < -0.4 is 5.32 Å². The Morgan fingerprint density at radius 2 is 2.18 bits per heavy atom. The fourth-order valence-corrected chi connectivity index (χ4v) is 5.57. The van der Waals surface area contributed by atoms with E-state index in [9.17, 15) is 8.42 Å². The second kappa shape index (κ2) is 4.68. The van der Waals surface area contributed by atoms with Gasteiger partial charge in [0.25, 0.3) is 10.0 Å². The van der Waals surface area contributed by atoms with Crippen LogP contribution in [0.2, 0.25) is 0 Å². The molecule has 1 atom stereocenters. The zero-order valence-corrected chi connectivity index (χ0v) is 12.0. The molecule has 0 aromatic carbocycles. The summed E-state index contributed by atoms with van der Waals surface area (Å²) in [4.78, 5) is 1.05. The predicted molar refractivity (Wildman–Crippen MR) is 70.0 cm³/mol. The van der Waals surface area contributed by atoms with Crippen LogP contribution in [-0.4, -0.2) is 38.4 Å². The summed E-state index contributed by atoms with van der Waals surface area (Å²) in [6.07, 6.45) is 0. The summed E-state index contributed by atoms with van der Waals surface area (Å²) >= 11 is 1.37. The monoisotopic (exact) mass is 274 g/mol. The highest BCUT2D eigenvalue weighted by atomic mass is 32.2. The minimum Gasteiger partial charge on any atom is -0.314 e. The van der Waals surface area contributed by atoms with E-state index in [0.29, 0.717) is 10.8 Å². The Morgan fingerprint density at radius 1 is 1.47 bits per heavy atom. The second-order valence-electron chi connectivity index (χ2n) is 4.50. The molecule has 0 spiro atoms. The highest BCUT2D eigenvalue weighted by molar-refractivity contribution is 7.91. The molecular weight excluding hydrogens is 256 g/mol. The molecule has 1 aliphatic heterocycles. The fourth-order valence-electron chi connectivity index (χ4n) is 2.16. The van der Waals surface area contributed by atoms with Crippen molar-refractivity contribution in [3.8, 4) is 0 Å². The topological polar surface area (TPSA) is 49.4 Å². The first kappa shape index (κ1) is 13.0. The number of hydrogen-bond donors (Lipinski definition) is 1. The number of nitrogens with one attached hydrogen (secondary N) is 1. The van der Waals surface area contributed by atoms with E-state index in [1.165, 1.54) is 11.3 Å². The Kier molecular flexibility index (Phi) is 3.58. The van der Waals surface area contributed by atoms with Crippen LogP contribution in [0.25, 0.3) is 0 Å². The first-order valence-electron chi connectivity index (χ1n) is 5.72. The average molecular weight is 274 g/mol. The zero-order chi connectivity index (χ0) is 12.6. The standard InChI is InChI=1S/C11H18N2O2S2/c1-8-6-10(3)16-11(8)17(14,15)13-5-4-12-7-9(13)2/h6,9,12H,4-5,7H2,1-3H3/t9-/m1/s1. The molecule has 0 bridgehead atoms. The fraction of sp³-hybridized carbons (Fsp3) is 0.636. The summed E-state index contributed by atoms with van der Waals surface area (Å²) in [5.74, 6) is 0. The molecule has 1 aromatic heterocycles. The summed E-state index contributed by atoms with van der Waals surface area (Å²) in [5, 5.41) is 3.21. The van der Waals surface area contributed by atoms with Gasteiger partial charge in [0.1, 0.15) is 4.21 Å². The van der Waals surface area contributed by atoms with Gasteiger partial charge in [-0.25, -0.2) is 8.42 Å². The number of piperazine rings is 1. The third-order valence-corrected chi connectivity index (χ3v) is 6.76. The van der Waals surface area contributed by atoms with Crippen LogP contribution in [0.3, 0.4) is 0 Å². The minimum atomic E-state index is -3.31. The van der Waals surface area contributed by atoms with Crippen molar-refractivity contribution in [2.45, 2.75) is 31.0 Å². The smallest absolute Gasteiger partial charge is 0.253 e. The largest absolute Gasteiger partial charge is 0.314 e. The van der Waals surface area contributed by atoms with E-state index < -0.39 is 10.0 Å². The highest BCUT2D eigenvalue weighted by Gasteiger charge is 2.32. The van der Waals surface area contributed by atoms with E-state index in [4.69, 9.17) is 0 Å². The lowest BCUT2D eigenvalue weighted by molar-refractivity contribution is 0.284. The average Bonchev–Trinajstić information content (AvgIpc) is 2.59. The molecule has 17 heavy (non-hydrogen) atoms. The Balaban J connectivity index is 2.39. The molecule has 1 fully saturated rings. The molecule has 0 radical (unpaired) electrons. The van der Waals surface area contributed by atoms with E-state index in [1.54, 1.807) is 4.31 Å². The zero-order valence-electron chi connectivity index (χ0n) is 10.4. The molecule has 1 aromatic rings. The van der Waals surface area contributed by atoms with Crippen LogP contribution in [0.1, 0.15) is 17.4 Å². The number of nitrogens with zero attached hydrogens (tertiary/aromatic N) is 1. The lowest BCUT2D eigenvalue weighted by Crippen LogP contribution is -2.52. The summed E-state index contributed by atoms with van der Waals surface area (Å²) in [6, 6.07) is 1.96. The number of hydrogen-bond acceptors (Lipinski definition) is 4. The third-order valence-electron chi connectivity index (χ3n) is 2.98. The lowest BCUT2D eigenvalue weighted by Gasteiger charge is -2.32. The predicted octanol–water partition coefficient (Wildman–Crippen LogP) is 1.35. The van der Waals surface area contributed by atoms with Crippen LogP contribution in [0.15, 0.2) is 10.3 Å². The van der Waals surface area contributed by atoms with Crippen molar-refractivity contribution in [1.29, 1.82) is 0 Å². The van der Waals surface area contributed by atoms with Gasteiger partial charge >= 0.3 is 0 Å². The molecule has 1 aliphatic rings. The lowest BCUT2D eigenvalue weighted by atomic mass is 10.3. The van der Waals surface area contributed by atoms with Gasteiger partial charge in [0.05, 0.1) is 0 Å². The molecule has 1 saturated heterocycles. The minimum absolute atomic E-state index is 0.0237. The van der Waals surface area contributed by atoms with Gasteiger partial charge in [-0.15, -0.1) is 11.3 Å². The molecular formula is C11H18N2O2S2. The summed E-state index contributed by atoms with van der Waals surface area (Å²) in [7, 11) is -3.31. The van der Waals surface area contributed by atoms with Gasteiger partial charge in [-0.1, -0.05) is 0 Å². The number of rotatable bonds is 2. The molecule has 0 amide bonds. The van der Waals surface area contributed by atoms with Crippen molar-refractivity contribution in [3.05, 3.63) is 16.5 Å². The Morgan fingerprint density at radius 3 is 2.71 bits per heavy atom. The van der Waals surface area contributed by atoms with Gasteiger partial charge in [-0.05, 0) is 32.4 Å². The van der Waals surface area contributed by atoms with Crippen molar-refractivity contribution in [1.82, 2.24) is 9.62 Å². The van der Waals surface area contributed by atoms with E-state index >= 15 is 0 Å². The van der Waals surface area contributed by atoms with Crippen LogP contribution in [0.4, 0.5) is 0 Å². The summed E-state index contributed by atoms with van der Waals surface area (Å²) in [5.41, 5.74) is 0.859. The van der Waals surface area contributed by atoms with Crippen LogP contribution >= 0.6 is 11.3 Å². The number of thiophene rings is 1. The molecule has 0 unspecified atom stereocenters. The number of aryl methyl sites for hydroxylation is 2. The van der Waals surface area contributed by atoms with Gasteiger partial charge < -0.3 is 5.32 Å². The summed E-state index contributed by atoms with van der Waals surface area (Å²) in [6.45, 7) is 7.76. The molecule has 2 rings (SSSR count). The van der Waals surface area contributed by atoms with Crippen molar-refractivity contribution < 1.29 is 8.42 Å². The van der Waals surface area contributed by atoms with E-state index in [2.05, 4.69) is 5.32 Å². The van der Waals surface area contributed by atoms with Gasteiger partial charge in [0.2, 0.25) is 0 Å². The van der Waals surface area contributed by atoms with Gasteiger partial charge in [-0.2, -0.15) is 4.31 Å². The first-order chi connectivity index (χ1) is 7.93. The Hall–Kier alpha value is -0.430. The Labute approximate surface area is 107 Å². The second-order valence-corrected chi connectivity index (χ2v) is 7.84. The van der Waals surface area contributed by atoms with Crippen LogP contribution in [0, 0.1) is 13.8 Å². The highest BCUT2D eigenvalue weighted by Crippen LogP contribution is 2.29. The normalized spacial score (nSPS) is 22.9. The van der Waals surface area contributed by atoms with Crippen LogP contribution in [0.5, 0.6) is 0 Å². The van der Waals surface area contributed by atoms with Gasteiger partial charge in [0.15, 0.2) is 0 Å². The van der Waals surface area contributed by atoms with E-state index in [-0.39, 0.29) is 6.04 Å². The molecule has 96 valence electrons. The van der Waals surface area contributed by atoms with E-state index in [0.717, 1.165) is 23.5 Å². The molecule has 6 heteroatoms. The maximum atomic E-state index is 12.5. The summed E-state index contributed by atoms with van der Waals surface area (Å²) < 4.78 is 27.2. The van der Waals surface area contributed by atoms with Crippen molar-refractivity contribution in [3.63, 3.8) is 0 Å². The van der Waals surface area contributed by atoms with Gasteiger partial charge in [-0.3, -0.25) is 0 Å². The first-order valence-corrected chi connectivity index (χ1v) is 7.98. The Bertz CT molecular complexity index is 508. The third kappa shape index (κ3) is 2.40. The quantitative estimate of drug-likeness (QED) is 0.885. The van der Waals surface area contributed by atoms with Crippen molar-refractivity contribution in [2.75, 3.05) is 19.6 Å². The molecule has 0 aliphatic carbocycles. The SMILES string of the molecule is Cc1cc(C)c(S(=O)(=O)N2CCNC[C@H]2C)s1. The van der Waals surface area contributed by atoms with Crippen LogP contribution in [-0.2, 0) is 10.0 Å². The maximum Gasteiger partial charge on any atom is 0.253 e. The van der Waals surface area contributed by atoms with Crippen molar-refractivity contribution in [2.24, 2.45) is 0 Å². The number of sulfonamides is 1. The molecule has 2 heterocycles. The molecule has 1 N–H and O–H groups in total. The molecule has 4 nitrogen and oxygen atoms in total. The van der Waals surface area contributed by atoms with E-state index in [1.807, 2.05) is 26.8 Å².